The molecule has 32 heavy (non-hydrogen) atoms. The van der Waals surface area contributed by atoms with Gasteiger partial charge in [-0.2, -0.15) is 5.10 Å². The molecule has 8 nitrogen and oxygen atoms in total. The van der Waals surface area contributed by atoms with Crippen molar-refractivity contribution in [2.24, 2.45) is 0 Å². The molecule has 1 aromatic heterocycles. The minimum atomic E-state index is -3.51. The van der Waals surface area contributed by atoms with Gasteiger partial charge in [0, 0.05) is 24.0 Å². The van der Waals surface area contributed by atoms with Crippen LogP contribution >= 0.6 is 0 Å². The number of sulfonamides is 1. The zero-order valence-corrected chi connectivity index (χ0v) is 18.0. The average Bonchev–Trinajstić information content (AvgIpc) is 2.74. The molecule has 1 heterocycles. The second kappa shape index (κ2) is 9.67. The van der Waals surface area contributed by atoms with Gasteiger partial charge in [0.2, 0.25) is 15.5 Å². The highest BCUT2D eigenvalue weighted by Crippen LogP contribution is 2.15. The maximum Gasteiger partial charge on any atom is 0.280 e. The van der Waals surface area contributed by atoms with E-state index in [0.717, 1.165) is 0 Å². The zero-order chi connectivity index (χ0) is 23.3. The maximum absolute atomic E-state index is 14.2. The van der Waals surface area contributed by atoms with E-state index >= 15 is 0 Å². The normalized spacial score (nSPS) is 11.2. The van der Waals surface area contributed by atoms with E-state index in [2.05, 4.69) is 21.7 Å². The fraction of sp³-hybridized carbons (Fsp3) is 0.136. The molecule has 2 N–H and O–H groups in total. The van der Waals surface area contributed by atoms with E-state index < -0.39 is 32.9 Å². The number of aryl methyl sites for hydroxylation is 1. The number of para-hydroxylation sites is 1. The van der Waals surface area contributed by atoms with Crippen LogP contribution in [0, 0.1) is 12.7 Å². The third-order valence-corrected chi connectivity index (χ3v) is 5.74. The highest BCUT2D eigenvalue weighted by atomic mass is 32.2. The number of nitrogens with zero attached hydrogens (tertiary/aromatic N) is 2. The molecule has 0 unspecified atom stereocenters. The average molecular weight is 456 g/mol. The molecule has 0 atom stereocenters. The Hall–Kier alpha value is -3.63. The summed E-state index contributed by atoms with van der Waals surface area (Å²) < 4.78 is 41.6. The lowest BCUT2D eigenvalue weighted by Gasteiger charge is -2.12. The van der Waals surface area contributed by atoms with Crippen molar-refractivity contribution in [1.29, 1.82) is 0 Å². The third-order valence-electron chi connectivity index (χ3n) is 4.42. The highest BCUT2D eigenvalue weighted by molar-refractivity contribution is 7.88. The second-order valence-corrected chi connectivity index (χ2v) is 8.72. The van der Waals surface area contributed by atoms with Gasteiger partial charge < -0.3 is 5.32 Å². The summed E-state index contributed by atoms with van der Waals surface area (Å²) in [7, 11) is -3.51. The number of benzene rings is 2. The molecule has 2 aromatic carbocycles. The van der Waals surface area contributed by atoms with Crippen LogP contribution in [0.15, 0.2) is 72.0 Å². The van der Waals surface area contributed by atoms with Gasteiger partial charge in [0.15, 0.2) is 5.69 Å². The Labute approximate surface area is 184 Å². The molecule has 0 fully saturated rings. The molecule has 0 radical (unpaired) electrons. The predicted molar refractivity (Wildman–Crippen MR) is 120 cm³/mol. The van der Waals surface area contributed by atoms with Crippen molar-refractivity contribution in [1.82, 2.24) is 14.5 Å². The SMILES string of the molecule is C=CCNS(=O)(=O)Cc1ccc(NC(=O)c2nn(-c3ccccc3F)c(C)cc2=O)cc1. The summed E-state index contributed by atoms with van der Waals surface area (Å²) >= 11 is 0. The van der Waals surface area contributed by atoms with Crippen LogP contribution in [-0.4, -0.2) is 30.7 Å². The molecule has 0 saturated heterocycles. The molecule has 10 heteroatoms. The fourth-order valence-corrected chi connectivity index (χ4v) is 4.01. The number of rotatable bonds is 8. The van der Waals surface area contributed by atoms with Gasteiger partial charge >= 0.3 is 0 Å². The number of carbonyl (C=O) groups excluding carboxylic acids is 1. The first-order chi connectivity index (χ1) is 15.2. The van der Waals surface area contributed by atoms with Crippen molar-refractivity contribution in [2.45, 2.75) is 12.7 Å². The van der Waals surface area contributed by atoms with Gasteiger partial charge in [-0.15, -0.1) is 6.58 Å². The number of hydrogen-bond donors (Lipinski definition) is 2. The zero-order valence-electron chi connectivity index (χ0n) is 17.2. The summed E-state index contributed by atoms with van der Waals surface area (Å²) in [5.41, 5.74) is 0.314. The third kappa shape index (κ3) is 5.54. The van der Waals surface area contributed by atoms with E-state index in [4.69, 9.17) is 0 Å². The van der Waals surface area contributed by atoms with Gasteiger partial charge in [0.25, 0.3) is 5.91 Å². The number of halogens is 1. The molecule has 3 aromatic rings. The Kier molecular flexibility index (Phi) is 6.96. The minimum Gasteiger partial charge on any atom is -0.320 e. The van der Waals surface area contributed by atoms with Crippen molar-refractivity contribution in [2.75, 3.05) is 11.9 Å². The first-order valence-corrected chi connectivity index (χ1v) is 11.2. The molecule has 0 aliphatic rings. The van der Waals surface area contributed by atoms with Crippen LogP contribution in [0.4, 0.5) is 10.1 Å². The molecule has 166 valence electrons. The van der Waals surface area contributed by atoms with Crippen LogP contribution in [0.5, 0.6) is 0 Å². The number of hydrogen-bond acceptors (Lipinski definition) is 5. The van der Waals surface area contributed by atoms with Gasteiger partial charge in [0.1, 0.15) is 11.5 Å². The maximum atomic E-state index is 14.2. The summed E-state index contributed by atoms with van der Waals surface area (Å²) in [6, 6.07) is 13.2. The number of nitrogens with one attached hydrogen (secondary N) is 2. The Balaban J connectivity index is 1.80. The first kappa shape index (κ1) is 23.0. The van der Waals surface area contributed by atoms with Gasteiger partial charge in [-0.3, -0.25) is 9.59 Å². The predicted octanol–water partition coefficient (Wildman–Crippen LogP) is 2.54. The van der Waals surface area contributed by atoms with Crippen molar-refractivity contribution >= 4 is 21.6 Å². The van der Waals surface area contributed by atoms with Crippen LogP contribution in [-0.2, 0) is 15.8 Å². The molecule has 0 aliphatic heterocycles. The number of anilines is 1. The van der Waals surface area contributed by atoms with E-state index in [1.165, 1.54) is 47.2 Å². The minimum absolute atomic E-state index is 0.106. The van der Waals surface area contributed by atoms with Crippen molar-refractivity contribution in [3.63, 3.8) is 0 Å². The summed E-state index contributed by atoms with van der Waals surface area (Å²) in [4.78, 5) is 25.0. The van der Waals surface area contributed by atoms with Gasteiger partial charge in [-0.1, -0.05) is 30.3 Å². The molecule has 1 amide bonds. The summed E-state index contributed by atoms with van der Waals surface area (Å²) in [5, 5.41) is 6.60. The van der Waals surface area contributed by atoms with Crippen molar-refractivity contribution < 1.29 is 17.6 Å². The van der Waals surface area contributed by atoms with E-state index in [-0.39, 0.29) is 18.0 Å². The van der Waals surface area contributed by atoms with Crippen molar-refractivity contribution in [3.05, 3.63) is 100 Å². The van der Waals surface area contributed by atoms with Crippen LogP contribution in [0.3, 0.4) is 0 Å². The lowest BCUT2D eigenvalue weighted by Crippen LogP contribution is -2.27. The van der Waals surface area contributed by atoms with E-state index in [9.17, 15) is 22.4 Å². The van der Waals surface area contributed by atoms with Gasteiger partial charge in [-0.05, 0) is 36.8 Å². The monoisotopic (exact) mass is 456 g/mol. The smallest absolute Gasteiger partial charge is 0.280 e. The molecule has 0 aliphatic carbocycles. The van der Waals surface area contributed by atoms with Crippen LogP contribution in [0.1, 0.15) is 21.7 Å². The number of amides is 1. The molecule has 0 bridgehead atoms. The summed E-state index contributed by atoms with van der Waals surface area (Å²) in [6.45, 7) is 5.17. The largest absolute Gasteiger partial charge is 0.320 e. The Bertz CT molecular complexity index is 1320. The number of aromatic nitrogens is 2. The molecule has 0 saturated carbocycles. The fourth-order valence-electron chi connectivity index (χ4n) is 2.90. The van der Waals surface area contributed by atoms with Crippen LogP contribution in [0.2, 0.25) is 0 Å². The molecular weight excluding hydrogens is 435 g/mol. The second-order valence-electron chi connectivity index (χ2n) is 6.91. The Morgan fingerprint density at radius 3 is 2.53 bits per heavy atom. The Morgan fingerprint density at radius 2 is 1.88 bits per heavy atom. The molecule has 3 rings (SSSR count). The van der Waals surface area contributed by atoms with Crippen LogP contribution < -0.4 is 15.5 Å². The molecule has 0 spiro atoms. The quantitative estimate of drug-likeness (QED) is 0.506. The summed E-state index contributed by atoms with van der Waals surface area (Å²) in [5.74, 6) is -1.55. The van der Waals surface area contributed by atoms with Crippen LogP contribution in [0.25, 0.3) is 5.69 Å². The molecular formula is C22H21FN4O4S. The topological polar surface area (TPSA) is 110 Å². The van der Waals surface area contributed by atoms with Gasteiger partial charge in [0.05, 0.1) is 5.75 Å². The first-order valence-electron chi connectivity index (χ1n) is 9.54. The Morgan fingerprint density at radius 1 is 1.19 bits per heavy atom. The standard InChI is InChI=1S/C22H21FN4O4S/c1-3-12-24-32(30,31)14-16-8-10-17(11-9-16)25-22(29)21-20(28)13-15(2)27(26-21)19-7-5-4-6-18(19)23/h3-11,13,24H,1,12,14H2,2H3,(H,25,29). The highest BCUT2D eigenvalue weighted by Gasteiger charge is 2.17. The van der Waals surface area contributed by atoms with E-state index in [0.29, 0.717) is 16.9 Å². The van der Waals surface area contributed by atoms with E-state index in [1.807, 2.05) is 0 Å². The summed E-state index contributed by atoms with van der Waals surface area (Å²) in [6.07, 6.45) is 1.44. The lowest BCUT2D eigenvalue weighted by atomic mass is 10.2. The van der Waals surface area contributed by atoms with E-state index in [1.54, 1.807) is 25.1 Å². The van der Waals surface area contributed by atoms with Crippen molar-refractivity contribution in [3.8, 4) is 5.69 Å². The lowest BCUT2D eigenvalue weighted by molar-refractivity contribution is 0.101. The van der Waals surface area contributed by atoms with Gasteiger partial charge in [-0.25, -0.2) is 22.2 Å². The number of carbonyl (C=O) groups is 1.